The molecule has 0 radical (unpaired) electrons. The number of aromatic nitrogens is 7. The Morgan fingerprint density at radius 3 is 2.83 bits per heavy atom. The number of fused-ring (bicyclic) bond motifs is 1. The zero-order chi connectivity index (χ0) is 24.2. The van der Waals surface area contributed by atoms with Gasteiger partial charge in [-0.1, -0.05) is 5.21 Å². The highest BCUT2D eigenvalue weighted by atomic mass is 32.1. The zero-order valence-corrected chi connectivity index (χ0v) is 19.7. The first-order valence-electron chi connectivity index (χ1n) is 10.4. The standard InChI is InChI=1S/C21H18N8O4S2/c30-19-9-16(33-26-19)12-1-3-13(4-2-12)32-21(31)29(10-14(34)5-7-17-24-27-28-25-17)18-8-6-15-20(23-18)35-11-22-15/h1-4,6,8-9,11,14,34H,5,7,10H2,(H,26,30)(H,24,25,27,28). The van der Waals surface area contributed by atoms with Crippen molar-refractivity contribution in [2.24, 2.45) is 0 Å². The number of H-pyrrole nitrogens is 2. The van der Waals surface area contributed by atoms with Gasteiger partial charge in [0.25, 0.3) is 5.56 Å². The molecule has 14 heteroatoms. The number of aryl methyl sites for hydroxylation is 1. The van der Waals surface area contributed by atoms with Crippen LogP contribution >= 0.6 is 24.0 Å². The lowest BCUT2D eigenvalue weighted by molar-refractivity contribution is 0.207. The minimum Gasteiger partial charge on any atom is -0.410 e. The third kappa shape index (κ3) is 5.38. The zero-order valence-electron chi connectivity index (χ0n) is 18.0. The highest BCUT2D eigenvalue weighted by Crippen LogP contribution is 2.25. The molecular formula is C21H18N8O4S2. The molecule has 1 atom stereocenters. The SMILES string of the molecule is O=C(Oc1ccc(-c2cc(=O)[nH]o2)cc1)N(CC(S)CCc1nn[nH]n1)c1ccc2ncsc2n1. The number of aromatic amines is 2. The highest BCUT2D eigenvalue weighted by molar-refractivity contribution is 7.81. The van der Waals surface area contributed by atoms with E-state index >= 15 is 0 Å². The van der Waals surface area contributed by atoms with Crippen LogP contribution in [0.25, 0.3) is 21.7 Å². The Morgan fingerprint density at radius 2 is 2.09 bits per heavy atom. The second-order valence-corrected chi connectivity index (χ2v) is 9.01. The number of tetrazole rings is 1. The average molecular weight is 511 g/mol. The Labute approximate surface area is 206 Å². The van der Waals surface area contributed by atoms with E-state index in [1.54, 1.807) is 41.9 Å². The molecule has 1 amide bonds. The molecule has 1 unspecified atom stereocenters. The Kier molecular flexibility index (Phi) is 6.54. The fourth-order valence-corrected chi connectivity index (χ4v) is 4.25. The first-order chi connectivity index (χ1) is 17.0. The van der Waals surface area contributed by atoms with Gasteiger partial charge in [0.1, 0.15) is 21.9 Å². The summed E-state index contributed by atoms with van der Waals surface area (Å²) < 4.78 is 10.7. The van der Waals surface area contributed by atoms with Gasteiger partial charge in [0, 0.05) is 23.8 Å². The average Bonchev–Trinajstić information content (AvgIpc) is 3.63. The number of hydrogen-bond donors (Lipinski definition) is 3. The number of nitrogens with one attached hydrogen (secondary N) is 2. The number of carbonyl (C=O) groups is 1. The first-order valence-corrected chi connectivity index (χ1v) is 11.8. The van der Waals surface area contributed by atoms with E-state index < -0.39 is 6.09 Å². The summed E-state index contributed by atoms with van der Waals surface area (Å²) >= 11 is 6.04. The molecule has 0 aliphatic heterocycles. The molecule has 0 spiro atoms. The third-order valence-corrected chi connectivity index (χ3v) is 6.19. The van der Waals surface area contributed by atoms with Gasteiger partial charge in [0.05, 0.1) is 11.6 Å². The van der Waals surface area contributed by atoms with Crippen LogP contribution in [0.5, 0.6) is 5.75 Å². The van der Waals surface area contributed by atoms with Gasteiger partial charge in [-0.15, -0.1) is 21.5 Å². The van der Waals surface area contributed by atoms with Crippen molar-refractivity contribution in [3.05, 3.63) is 64.2 Å². The van der Waals surface area contributed by atoms with Crippen molar-refractivity contribution < 1.29 is 14.1 Å². The van der Waals surface area contributed by atoms with Gasteiger partial charge < -0.3 is 9.26 Å². The highest BCUT2D eigenvalue weighted by Gasteiger charge is 2.23. The van der Waals surface area contributed by atoms with Gasteiger partial charge >= 0.3 is 6.09 Å². The van der Waals surface area contributed by atoms with Crippen LogP contribution in [-0.4, -0.2) is 53.6 Å². The minimum atomic E-state index is -0.610. The molecule has 4 aromatic heterocycles. The number of rotatable bonds is 8. The number of hydrogen-bond acceptors (Lipinski definition) is 11. The topological polar surface area (TPSA) is 156 Å². The summed E-state index contributed by atoms with van der Waals surface area (Å²) in [5.74, 6) is 1.70. The quantitative estimate of drug-likeness (QED) is 0.267. The summed E-state index contributed by atoms with van der Waals surface area (Å²) in [4.78, 5) is 35.5. The first kappa shape index (κ1) is 22.7. The summed E-state index contributed by atoms with van der Waals surface area (Å²) in [6.45, 7) is 0.240. The number of amides is 1. The van der Waals surface area contributed by atoms with Crippen molar-refractivity contribution in [2.75, 3.05) is 11.4 Å². The van der Waals surface area contributed by atoms with Crippen molar-refractivity contribution >= 4 is 46.2 Å². The normalized spacial score (nSPS) is 12.0. The van der Waals surface area contributed by atoms with Gasteiger partial charge in [-0.3, -0.25) is 9.69 Å². The number of thiol groups is 1. The van der Waals surface area contributed by atoms with Crippen molar-refractivity contribution in [1.82, 2.24) is 35.7 Å². The third-order valence-electron chi connectivity index (χ3n) is 5.03. The monoisotopic (exact) mass is 510 g/mol. The van der Waals surface area contributed by atoms with Gasteiger partial charge in [-0.2, -0.15) is 23.0 Å². The van der Waals surface area contributed by atoms with Crippen molar-refractivity contribution in [1.29, 1.82) is 0 Å². The fraction of sp³-hybridized carbons (Fsp3) is 0.190. The van der Waals surface area contributed by atoms with Crippen LogP contribution in [0.1, 0.15) is 12.2 Å². The lowest BCUT2D eigenvalue weighted by Gasteiger charge is -2.24. The maximum Gasteiger partial charge on any atom is 0.420 e. The Morgan fingerprint density at radius 1 is 1.23 bits per heavy atom. The number of carbonyl (C=O) groups excluding carboxylic acids is 1. The smallest absolute Gasteiger partial charge is 0.410 e. The van der Waals surface area contributed by atoms with E-state index in [9.17, 15) is 9.59 Å². The molecule has 0 fully saturated rings. The van der Waals surface area contributed by atoms with Crippen LogP contribution in [-0.2, 0) is 6.42 Å². The molecular weight excluding hydrogens is 492 g/mol. The van der Waals surface area contributed by atoms with E-state index in [1.165, 1.54) is 22.3 Å². The summed E-state index contributed by atoms with van der Waals surface area (Å²) in [5.41, 5.74) is 2.77. The lowest BCUT2D eigenvalue weighted by Crippen LogP contribution is -2.38. The molecule has 5 rings (SSSR count). The number of thiazole rings is 1. The van der Waals surface area contributed by atoms with Gasteiger partial charge in [-0.05, 0) is 42.8 Å². The van der Waals surface area contributed by atoms with E-state index in [0.717, 1.165) is 5.52 Å². The molecule has 1 aromatic carbocycles. The molecule has 178 valence electrons. The van der Waals surface area contributed by atoms with Crippen LogP contribution in [0, 0.1) is 0 Å². The van der Waals surface area contributed by atoms with Gasteiger partial charge in [0.2, 0.25) is 0 Å². The van der Waals surface area contributed by atoms with E-state index in [4.69, 9.17) is 9.26 Å². The molecule has 0 bridgehead atoms. The second kappa shape index (κ2) is 10.1. The summed E-state index contributed by atoms with van der Waals surface area (Å²) in [7, 11) is 0. The largest absolute Gasteiger partial charge is 0.420 e. The molecule has 0 saturated carbocycles. The van der Waals surface area contributed by atoms with Crippen LogP contribution in [0.15, 0.2) is 57.3 Å². The van der Waals surface area contributed by atoms with Crippen LogP contribution < -0.4 is 15.2 Å². The maximum atomic E-state index is 13.2. The Hall–Kier alpha value is -4.04. The number of pyridine rings is 1. The predicted molar refractivity (Wildman–Crippen MR) is 131 cm³/mol. The number of anilines is 1. The summed E-state index contributed by atoms with van der Waals surface area (Å²) in [6, 6.07) is 11.5. The Balaban J connectivity index is 1.33. The fourth-order valence-electron chi connectivity index (χ4n) is 3.31. The van der Waals surface area contributed by atoms with Gasteiger partial charge in [0.15, 0.2) is 11.6 Å². The molecule has 12 nitrogen and oxygen atoms in total. The molecule has 0 aliphatic carbocycles. The number of benzene rings is 1. The molecule has 5 aromatic rings. The van der Waals surface area contributed by atoms with Gasteiger partial charge in [-0.25, -0.2) is 14.8 Å². The van der Waals surface area contributed by atoms with E-state index in [1.807, 2.05) is 0 Å². The molecule has 0 saturated heterocycles. The summed E-state index contributed by atoms with van der Waals surface area (Å²) in [5, 5.41) is 15.9. The van der Waals surface area contributed by atoms with Crippen LogP contribution in [0.4, 0.5) is 10.6 Å². The lowest BCUT2D eigenvalue weighted by atomic mass is 10.2. The molecule has 0 aliphatic rings. The van der Waals surface area contributed by atoms with Crippen molar-refractivity contribution in [3.63, 3.8) is 0 Å². The number of ether oxygens (including phenoxy) is 1. The molecule has 35 heavy (non-hydrogen) atoms. The van der Waals surface area contributed by atoms with E-state index in [0.29, 0.717) is 46.4 Å². The van der Waals surface area contributed by atoms with E-state index in [2.05, 4.69) is 48.4 Å². The maximum absolute atomic E-state index is 13.2. The van der Waals surface area contributed by atoms with Crippen molar-refractivity contribution in [3.8, 4) is 17.1 Å². The second-order valence-electron chi connectivity index (χ2n) is 7.45. The minimum absolute atomic E-state index is 0.209. The van der Waals surface area contributed by atoms with E-state index in [-0.39, 0.29) is 17.4 Å². The predicted octanol–water partition coefficient (Wildman–Crippen LogP) is 3.09. The Bertz CT molecular complexity index is 1480. The van der Waals surface area contributed by atoms with Crippen LogP contribution in [0.2, 0.25) is 0 Å². The van der Waals surface area contributed by atoms with Crippen molar-refractivity contribution in [2.45, 2.75) is 18.1 Å². The molecule has 2 N–H and O–H groups in total. The van der Waals surface area contributed by atoms with Crippen LogP contribution in [0.3, 0.4) is 0 Å². The molecule has 4 heterocycles. The number of nitrogens with zero attached hydrogens (tertiary/aromatic N) is 6. The summed E-state index contributed by atoms with van der Waals surface area (Å²) in [6.07, 6.45) is 0.540.